The van der Waals surface area contributed by atoms with Crippen LogP contribution in [0.15, 0.2) is 72.8 Å². The van der Waals surface area contributed by atoms with Crippen molar-refractivity contribution in [3.05, 3.63) is 89.5 Å². The number of aromatic carboxylic acids is 3. The van der Waals surface area contributed by atoms with E-state index in [0.29, 0.717) is 74.5 Å². The smallest absolute Gasteiger partial charge is 0.545 e. The third-order valence-electron chi connectivity index (χ3n) is 6.53. The molecule has 16 heteroatoms. The molecule has 0 aliphatic heterocycles. The van der Waals surface area contributed by atoms with Crippen LogP contribution in [0, 0.1) is 49.4 Å². The summed E-state index contributed by atoms with van der Waals surface area (Å²) < 4.78 is 0. The minimum absolute atomic E-state index is 0. The van der Waals surface area contributed by atoms with E-state index in [4.69, 9.17) is 69.6 Å². The largest absolute Gasteiger partial charge is 3.00 e. The van der Waals surface area contributed by atoms with Crippen molar-refractivity contribution in [1.82, 2.24) is 0 Å². The van der Waals surface area contributed by atoms with E-state index >= 15 is 0 Å². The summed E-state index contributed by atoms with van der Waals surface area (Å²) in [7, 11) is 0. The molecule has 0 radical (unpaired) electrons. The van der Waals surface area contributed by atoms with Gasteiger partial charge in [-0.05, 0) is 53.1 Å². The molecule has 0 bridgehead atoms. The molecule has 3 aromatic carbocycles. The molecule has 0 aromatic heterocycles. The first-order valence-electron chi connectivity index (χ1n) is 14.6. The minimum atomic E-state index is -1.17. The average Bonchev–Trinajstić information content (AvgIpc) is 3.09. The Morgan fingerprint density at radius 3 is 0.673 bits per heavy atom. The van der Waals surface area contributed by atoms with Gasteiger partial charge in [0.25, 0.3) is 0 Å². The number of benzene rings is 3. The molecule has 0 N–H and O–H groups in total. The molecule has 0 saturated carbocycles. The van der Waals surface area contributed by atoms with Crippen molar-refractivity contribution in [2.75, 3.05) is 89.2 Å². The number of nitrogens with zero attached hydrogens (tertiary/aromatic N) is 3. The van der Waals surface area contributed by atoms with Crippen molar-refractivity contribution in [3.63, 3.8) is 0 Å². The zero-order valence-electron chi connectivity index (χ0n) is 26.4. The number of carbonyl (C=O) groups is 3. The number of carbonyl (C=O) groups excluding carboxylic acids is 3. The van der Waals surface area contributed by atoms with Crippen LogP contribution >= 0.6 is 69.6 Å². The number of rotatable bonds is 18. The van der Waals surface area contributed by atoms with E-state index < -0.39 is 17.9 Å². The Labute approximate surface area is 358 Å². The van der Waals surface area contributed by atoms with Crippen molar-refractivity contribution >= 4 is 105 Å². The molecule has 0 heterocycles. The molecule has 0 saturated heterocycles. The summed E-state index contributed by atoms with van der Waals surface area (Å²) in [5, 5.41) is 31.7. The number of hydrogen-bond donors (Lipinski definition) is 0. The standard InChI is InChI=1S/3C11H13Cl2NO2.Eu/c3*12-5-7-14(8-6-13)10-3-1-9(2-4-10)11(15)16;/h3*1-4H,5-8H2,(H,15,16);/q;;;+3/p-3. The number of carboxylic acid groups (broad SMARTS) is 3. The SMILES string of the molecule is O=C([O-])c1ccc(N(CCCl)CCCl)cc1.O=C([O-])c1ccc(N(CCCl)CCCl)cc1.O=C([O-])c1ccc(N(CCCl)CCCl)cc1.[Eu+3]. The summed E-state index contributed by atoms with van der Waals surface area (Å²) in [4.78, 5) is 37.7. The third kappa shape index (κ3) is 18.7. The predicted octanol–water partition coefficient (Wildman–Crippen LogP) is 4.00. The minimum Gasteiger partial charge on any atom is -0.545 e. The van der Waals surface area contributed by atoms with Gasteiger partial charge in [-0.3, -0.25) is 0 Å². The number of hydrogen-bond acceptors (Lipinski definition) is 9. The van der Waals surface area contributed by atoms with Crippen molar-refractivity contribution < 1.29 is 79.1 Å². The molecule has 49 heavy (non-hydrogen) atoms. The van der Waals surface area contributed by atoms with Gasteiger partial charge in [0.1, 0.15) is 0 Å². The third-order valence-corrected chi connectivity index (χ3v) is 7.55. The Bertz CT molecular complexity index is 1180. The van der Waals surface area contributed by atoms with Crippen molar-refractivity contribution in [3.8, 4) is 0 Å². The average molecular weight is 935 g/mol. The molecule has 3 rings (SSSR count). The van der Waals surface area contributed by atoms with E-state index in [0.717, 1.165) is 17.1 Å². The van der Waals surface area contributed by atoms with Crippen LogP contribution in [0.2, 0.25) is 0 Å². The molecule has 0 unspecified atom stereocenters. The van der Waals surface area contributed by atoms with Crippen molar-refractivity contribution in [1.29, 1.82) is 0 Å². The van der Waals surface area contributed by atoms with E-state index in [1.807, 2.05) is 14.7 Å². The molecular weight excluding hydrogens is 899 g/mol. The molecule has 0 spiro atoms. The number of alkyl halides is 6. The summed E-state index contributed by atoms with van der Waals surface area (Å²) in [6.07, 6.45) is 0. The number of anilines is 3. The number of carboxylic acids is 3. The van der Waals surface area contributed by atoms with Crippen LogP contribution < -0.4 is 30.0 Å². The molecule has 3 aromatic rings. The summed E-state index contributed by atoms with van der Waals surface area (Å²) in [5.74, 6) is -0.525. The second kappa shape index (κ2) is 28.4. The fourth-order valence-electron chi connectivity index (χ4n) is 4.15. The van der Waals surface area contributed by atoms with Crippen LogP contribution in [0.5, 0.6) is 0 Å². The van der Waals surface area contributed by atoms with Crippen LogP contribution in [-0.2, 0) is 0 Å². The van der Waals surface area contributed by atoms with Gasteiger partial charge in [-0.15, -0.1) is 69.6 Å². The first-order valence-corrected chi connectivity index (χ1v) is 17.8. The van der Waals surface area contributed by atoms with Crippen molar-refractivity contribution in [2.45, 2.75) is 0 Å². The predicted molar refractivity (Wildman–Crippen MR) is 193 cm³/mol. The molecule has 9 nitrogen and oxygen atoms in total. The molecular formula is C33H36Cl6EuN3O6. The Morgan fingerprint density at radius 2 is 0.551 bits per heavy atom. The maximum atomic E-state index is 10.6. The number of halogens is 6. The molecule has 0 aliphatic carbocycles. The van der Waals surface area contributed by atoms with Crippen LogP contribution in [0.4, 0.5) is 17.1 Å². The second-order valence-corrected chi connectivity index (χ2v) is 11.9. The maximum absolute atomic E-state index is 10.6. The zero-order chi connectivity index (χ0) is 35.9. The first kappa shape index (κ1) is 47.8. The summed E-state index contributed by atoms with van der Waals surface area (Å²) in [6, 6.07) is 19.4. The van der Waals surface area contributed by atoms with E-state index in [-0.39, 0.29) is 66.1 Å². The quantitative estimate of drug-likeness (QED) is 0.174. The summed E-state index contributed by atoms with van der Waals surface area (Å²) >= 11 is 34.0. The fraction of sp³-hybridized carbons (Fsp3) is 0.364. The first-order chi connectivity index (χ1) is 23.1. The van der Waals surface area contributed by atoms with Crippen molar-refractivity contribution in [2.24, 2.45) is 0 Å². The topological polar surface area (TPSA) is 130 Å². The molecule has 0 aliphatic rings. The van der Waals surface area contributed by atoms with Gasteiger partial charge < -0.3 is 44.4 Å². The van der Waals surface area contributed by atoms with Gasteiger partial charge in [-0.1, -0.05) is 36.4 Å². The normalized spacial score (nSPS) is 9.92. The van der Waals surface area contributed by atoms with E-state index in [2.05, 4.69) is 0 Å². The molecule has 0 amide bonds. The van der Waals surface area contributed by atoms with Gasteiger partial charge >= 0.3 is 49.4 Å². The Kier molecular flexibility index (Phi) is 27.7. The molecule has 0 atom stereocenters. The van der Waals surface area contributed by atoms with E-state index in [9.17, 15) is 29.7 Å². The van der Waals surface area contributed by atoms with Gasteiger partial charge in [0, 0.05) is 91.6 Å². The van der Waals surface area contributed by atoms with Gasteiger partial charge in [0.15, 0.2) is 0 Å². The monoisotopic (exact) mass is 933 g/mol. The van der Waals surface area contributed by atoms with Crippen LogP contribution in [-0.4, -0.2) is 92.5 Å². The second-order valence-electron chi connectivity index (χ2n) is 9.60. The van der Waals surface area contributed by atoms with Gasteiger partial charge in [-0.25, -0.2) is 0 Å². The van der Waals surface area contributed by atoms with Crippen LogP contribution in [0.1, 0.15) is 31.1 Å². The Hall–Kier alpha value is -1.21. The Morgan fingerprint density at radius 1 is 0.388 bits per heavy atom. The van der Waals surface area contributed by atoms with Crippen LogP contribution in [0.25, 0.3) is 0 Å². The Balaban J connectivity index is 0.000000698. The van der Waals surface area contributed by atoms with Crippen LogP contribution in [0.3, 0.4) is 0 Å². The maximum Gasteiger partial charge on any atom is 3.00 e. The molecule has 268 valence electrons. The van der Waals surface area contributed by atoms with Gasteiger partial charge in [-0.2, -0.15) is 0 Å². The molecule has 0 fully saturated rings. The zero-order valence-corrected chi connectivity index (χ0v) is 33.3. The van der Waals surface area contributed by atoms with Gasteiger partial charge in [0.05, 0.1) is 17.9 Å². The van der Waals surface area contributed by atoms with E-state index in [1.54, 1.807) is 36.4 Å². The van der Waals surface area contributed by atoms with Gasteiger partial charge in [0.2, 0.25) is 0 Å². The van der Waals surface area contributed by atoms with E-state index in [1.165, 1.54) is 36.4 Å². The summed E-state index contributed by atoms with van der Waals surface area (Å²) in [5.41, 5.74) is 3.23. The summed E-state index contributed by atoms with van der Waals surface area (Å²) in [6.45, 7) is 4.08. The fourth-order valence-corrected chi connectivity index (χ4v) is 5.37.